The molecule has 0 fully saturated rings. The Balaban J connectivity index is 2.12. The van der Waals surface area contributed by atoms with Crippen LogP contribution in [-0.2, 0) is 5.41 Å². The highest BCUT2D eigenvalue weighted by atomic mass is 14.8. The van der Waals surface area contributed by atoms with Gasteiger partial charge in [-0.1, -0.05) is 81.4 Å². The maximum Gasteiger partial charge on any atom is 0.177 e. The molecule has 1 aromatic heterocycles. The van der Waals surface area contributed by atoms with Crippen molar-refractivity contribution in [1.29, 1.82) is 10.5 Å². The summed E-state index contributed by atoms with van der Waals surface area (Å²) >= 11 is 0. The zero-order chi connectivity index (χ0) is 20.1. The van der Waals surface area contributed by atoms with Crippen molar-refractivity contribution in [1.82, 2.24) is 9.97 Å². The summed E-state index contributed by atoms with van der Waals surface area (Å²) in [4.78, 5) is 8.83. The van der Waals surface area contributed by atoms with Crippen LogP contribution in [0.2, 0.25) is 0 Å². The van der Waals surface area contributed by atoms with Crippen LogP contribution in [0.15, 0.2) is 54.6 Å². The van der Waals surface area contributed by atoms with E-state index < -0.39 is 0 Å². The Morgan fingerprint density at radius 2 is 1.39 bits per heavy atom. The lowest BCUT2D eigenvalue weighted by molar-refractivity contribution is 0.590. The lowest BCUT2D eigenvalue weighted by Crippen LogP contribution is -2.10. The largest absolute Gasteiger partial charge is 0.232 e. The summed E-state index contributed by atoms with van der Waals surface area (Å²) in [6.45, 7) is 6.47. The van der Waals surface area contributed by atoms with Gasteiger partial charge >= 0.3 is 0 Å². The summed E-state index contributed by atoms with van der Waals surface area (Å²) in [5, 5.41) is 18.7. The highest BCUT2D eigenvalue weighted by molar-refractivity contribution is 5.77. The van der Waals surface area contributed by atoms with E-state index in [9.17, 15) is 10.5 Å². The summed E-state index contributed by atoms with van der Waals surface area (Å²) < 4.78 is 0. The minimum Gasteiger partial charge on any atom is -0.232 e. The van der Waals surface area contributed by atoms with E-state index in [2.05, 4.69) is 42.9 Å². The molecule has 0 spiro atoms. The van der Waals surface area contributed by atoms with Crippen molar-refractivity contribution in [2.24, 2.45) is 0 Å². The molecule has 0 atom stereocenters. The smallest absolute Gasteiger partial charge is 0.177 e. The average Bonchev–Trinajstić information content (AvgIpc) is 2.71. The minimum atomic E-state index is 0.0327. The van der Waals surface area contributed by atoms with Crippen LogP contribution >= 0.6 is 0 Å². The van der Waals surface area contributed by atoms with E-state index in [0.717, 1.165) is 11.1 Å². The van der Waals surface area contributed by atoms with Gasteiger partial charge in [-0.05, 0) is 22.6 Å². The molecule has 4 heteroatoms. The molecule has 0 aliphatic heterocycles. The molecule has 1 heterocycles. The molecule has 0 unspecified atom stereocenters. The molecule has 0 bridgehead atoms. The van der Waals surface area contributed by atoms with Crippen LogP contribution in [0, 0.1) is 22.7 Å². The molecule has 0 saturated carbocycles. The summed E-state index contributed by atoms with van der Waals surface area (Å²) in [6.07, 6.45) is 3.75. The van der Waals surface area contributed by atoms with Gasteiger partial charge in [-0.15, -0.1) is 0 Å². The van der Waals surface area contributed by atoms with E-state index in [1.807, 2.05) is 66.8 Å². The number of nitrogens with zero attached hydrogens (tertiary/aromatic N) is 4. The molecular weight excluding hydrogens is 344 g/mol. The predicted octanol–water partition coefficient (Wildman–Crippen LogP) is 5.35. The summed E-state index contributed by atoms with van der Waals surface area (Å²) in [6, 6.07) is 21.9. The molecule has 3 aromatic rings. The second kappa shape index (κ2) is 7.86. The highest BCUT2D eigenvalue weighted by Gasteiger charge is 2.16. The van der Waals surface area contributed by atoms with Gasteiger partial charge in [0.2, 0.25) is 0 Å². The van der Waals surface area contributed by atoms with Gasteiger partial charge in [-0.2, -0.15) is 10.5 Å². The number of hydrogen-bond acceptors (Lipinski definition) is 4. The Morgan fingerprint density at radius 3 is 1.96 bits per heavy atom. The number of nitriles is 2. The topological polar surface area (TPSA) is 73.4 Å². The third-order valence-electron chi connectivity index (χ3n) is 4.39. The van der Waals surface area contributed by atoms with Crippen LogP contribution in [-0.4, -0.2) is 9.97 Å². The first kappa shape index (κ1) is 19.0. The van der Waals surface area contributed by atoms with Crippen molar-refractivity contribution < 1.29 is 0 Å². The number of benzene rings is 2. The fraction of sp³-hybridized carbons (Fsp3) is 0.167. The molecule has 0 N–H and O–H groups in total. The van der Waals surface area contributed by atoms with Gasteiger partial charge in [-0.3, -0.25) is 0 Å². The van der Waals surface area contributed by atoms with Gasteiger partial charge in [0.25, 0.3) is 0 Å². The van der Waals surface area contributed by atoms with Crippen LogP contribution in [0.3, 0.4) is 0 Å². The van der Waals surface area contributed by atoms with Gasteiger partial charge in [0.05, 0.1) is 11.4 Å². The maximum absolute atomic E-state index is 9.35. The van der Waals surface area contributed by atoms with E-state index in [0.29, 0.717) is 11.4 Å². The molecular formula is C24H20N4. The van der Waals surface area contributed by atoms with E-state index in [-0.39, 0.29) is 16.8 Å². The third-order valence-corrected chi connectivity index (χ3v) is 4.39. The van der Waals surface area contributed by atoms with Crippen LogP contribution in [0.25, 0.3) is 23.4 Å². The van der Waals surface area contributed by atoms with Crippen molar-refractivity contribution in [2.45, 2.75) is 26.2 Å². The first-order valence-electron chi connectivity index (χ1n) is 8.98. The molecule has 2 aromatic carbocycles. The lowest BCUT2D eigenvalue weighted by atomic mass is 9.86. The Kier molecular flexibility index (Phi) is 5.34. The van der Waals surface area contributed by atoms with Crippen LogP contribution < -0.4 is 0 Å². The zero-order valence-corrected chi connectivity index (χ0v) is 16.1. The van der Waals surface area contributed by atoms with Crippen molar-refractivity contribution in [3.63, 3.8) is 0 Å². The Labute approximate surface area is 165 Å². The molecule has 0 aliphatic rings. The van der Waals surface area contributed by atoms with Crippen molar-refractivity contribution in [3.8, 4) is 23.4 Å². The van der Waals surface area contributed by atoms with Gasteiger partial charge in [0, 0.05) is 5.56 Å². The first-order chi connectivity index (χ1) is 13.4. The highest BCUT2D eigenvalue weighted by Crippen LogP contribution is 2.28. The maximum atomic E-state index is 9.35. The first-order valence-corrected chi connectivity index (χ1v) is 8.98. The number of rotatable bonds is 3. The van der Waals surface area contributed by atoms with Crippen LogP contribution in [0.4, 0.5) is 0 Å². The van der Waals surface area contributed by atoms with Gasteiger partial charge in [-0.25, -0.2) is 9.97 Å². The monoisotopic (exact) mass is 364 g/mol. The van der Waals surface area contributed by atoms with Crippen molar-refractivity contribution >= 4 is 12.2 Å². The Morgan fingerprint density at radius 1 is 0.786 bits per heavy atom. The number of aromatic nitrogens is 2. The minimum absolute atomic E-state index is 0.0327. The quantitative estimate of drug-likeness (QED) is 0.627. The molecule has 136 valence electrons. The second-order valence-corrected chi connectivity index (χ2v) is 7.45. The zero-order valence-electron chi connectivity index (χ0n) is 16.1. The number of hydrogen-bond donors (Lipinski definition) is 0. The molecule has 3 rings (SSSR count). The SMILES string of the molecule is CC(C)(C)c1ccc(-c2nc(C#N)c(C#N)nc2/C=C/c2ccccc2)cc1. The second-order valence-electron chi connectivity index (χ2n) is 7.45. The van der Waals surface area contributed by atoms with E-state index in [4.69, 9.17) is 0 Å². The lowest BCUT2D eigenvalue weighted by Gasteiger charge is -2.19. The average molecular weight is 364 g/mol. The van der Waals surface area contributed by atoms with Crippen molar-refractivity contribution in [3.05, 3.63) is 82.8 Å². The van der Waals surface area contributed by atoms with E-state index in [1.165, 1.54) is 5.56 Å². The Bertz CT molecular complexity index is 1090. The van der Waals surface area contributed by atoms with E-state index >= 15 is 0 Å². The molecule has 0 radical (unpaired) electrons. The van der Waals surface area contributed by atoms with Crippen LogP contribution in [0.5, 0.6) is 0 Å². The molecule has 0 amide bonds. The molecule has 28 heavy (non-hydrogen) atoms. The summed E-state index contributed by atoms with van der Waals surface area (Å²) in [7, 11) is 0. The summed E-state index contributed by atoms with van der Waals surface area (Å²) in [5.41, 5.74) is 4.34. The van der Waals surface area contributed by atoms with Gasteiger partial charge < -0.3 is 0 Å². The fourth-order valence-electron chi connectivity index (χ4n) is 2.80. The predicted molar refractivity (Wildman–Crippen MR) is 111 cm³/mol. The third kappa shape index (κ3) is 4.14. The molecule has 0 aliphatic carbocycles. The normalized spacial score (nSPS) is 11.2. The van der Waals surface area contributed by atoms with Crippen LogP contribution in [0.1, 0.15) is 49.0 Å². The fourth-order valence-corrected chi connectivity index (χ4v) is 2.80. The van der Waals surface area contributed by atoms with Gasteiger partial charge in [0.1, 0.15) is 12.1 Å². The van der Waals surface area contributed by atoms with Crippen molar-refractivity contribution in [2.75, 3.05) is 0 Å². The van der Waals surface area contributed by atoms with E-state index in [1.54, 1.807) is 0 Å². The standard InChI is InChI=1S/C24H20N4/c1-24(2,3)19-12-10-18(11-13-19)23-20(14-9-17-7-5-4-6-8-17)27-21(15-25)22(16-26)28-23/h4-14H,1-3H3/b14-9+. The molecule has 4 nitrogen and oxygen atoms in total. The summed E-state index contributed by atoms with van der Waals surface area (Å²) in [5.74, 6) is 0. The molecule has 0 saturated heterocycles. The Hall–Kier alpha value is -3.76. The van der Waals surface area contributed by atoms with Gasteiger partial charge in [0.15, 0.2) is 11.4 Å².